The molecule has 0 spiro atoms. The van der Waals surface area contributed by atoms with Gasteiger partial charge in [0.15, 0.2) is 0 Å². The first kappa shape index (κ1) is 20.1. The second-order valence-electron chi connectivity index (χ2n) is 6.26. The highest BCUT2D eigenvalue weighted by molar-refractivity contribution is 7.89. The number of benzene rings is 2. The maximum absolute atomic E-state index is 12.6. The van der Waals surface area contributed by atoms with Crippen LogP contribution < -0.4 is 15.4 Å². The van der Waals surface area contributed by atoms with Crippen LogP contribution in [0.2, 0.25) is 0 Å². The molecular formula is C19H25N3O3S. The van der Waals surface area contributed by atoms with E-state index in [2.05, 4.69) is 15.4 Å². The number of aryl methyl sites for hydroxylation is 3. The molecule has 0 aliphatic carbocycles. The van der Waals surface area contributed by atoms with Crippen molar-refractivity contribution in [1.82, 2.24) is 10.0 Å². The summed E-state index contributed by atoms with van der Waals surface area (Å²) in [5.41, 5.74) is 4.82. The lowest BCUT2D eigenvalue weighted by Crippen LogP contribution is -2.20. The summed E-state index contributed by atoms with van der Waals surface area (Å²) < 4.78 is 26.5. The van der Waals surface area contributed by atoms with Crippen LogP contribution in [0.4, 0.5) is 5.69 Å². The van der Waals surface area contributed by atoms with Crippen LogP contribution >= 0.6 is 0 Å². The molecule has 0 radical (unpaired) electrons. The molecule has 0 saturated heterocycles. The van der Waals surface area contributed by atoms with E-state index in [4.69, 9.17) is 0 Å². The third-order valence-electron chi connectivity index (χ3n) is 4.32. The summed E-state index contributed by atoms with van der Waals surface area (Å²) in [5, 5.41) is 5.90. The fourth-order valence-electron chi connectivity index (χ4n) is 2.86. The average molecular weight is 375 g/mol. The second kappa shape index (κ2) is 7.99. The first-order valence-corrected chi connectivity index (χ1v) is 9.78. The Bertz CT molecular complexity index is 914. The first-order chi connectivity index (χ1) is 12.2. The molecule has 0 aliphatic rings. The van der Waals surface area contributed by atoms with Gasteiger partial charge in [-0.1, -0.05) is 6.07 Å². The Hall–Kier alpha value is -2.22. The molecule has 6 nitrogen and oxygen atoms in total. The number of nitrogens with one attached hydrogen (secondary N) is 3. The molecule has 0 saturated carbocycles. The molecule has 140 valence electrons. The number of sulfonamides is 1. The van der Waals surface area contributed by atoms with E-state index in [0.29, 0.717) is 16.8 Å². The summed E-state index contributed by atoms with van der Waals surface area (Å²) in [4.78, 5) is 12.8. The Morgan fingerprint density at radius 3 is 2.12 bits per heavy atom. The summed E-state index contributed by atoms with van der Waals surface area (Å²) in [6, 6.07) is 8.51. The highest BCUT2D eigenvalue weighted by Gasteiger charge is 2.16. The number of carbonyl (C=O) groups is 1. The molecule has 2 aromatic carbocycles. The SMILES string of the molecule is CNCc1c(C)cc(C(=O)Nc2ccc(C)c(S(=O)(=O)NC)c2)cc1C. The van der Waals surface area contributed by atoms with Crippen molar-refractivity contribution >= 4 is 21.6 Å². The lowest BCUT2D eigenvalue weighted by molar-refractivity contribution is 0.102. The number of hydrogen-bond acceptors (Lipinski definition) is 4. The van der Waals surface area contributed by atoms with E-state index < -0.39 is 10.0 Å². The van der Waals surface area contributed by atoms with Gasteiger partial charge in [0.05, 0.1) is 4.90 Å². The van der Waals surface area contributed by atoms with Crippen LogP contribution in [-0.4, -0.2) is 28.4 Å². The van der Waals surface area contributed by atoms with E-state index in [1.807, 2.05) is 33.0 Å². The minimum atomic E-state index is -3.59. The Balaban J connectivity index is 2.32. The van der Waals surface area contributed by atoms with Gasteiger partial charge in [0.2, 0.25) is 10.0 Å². The van der Waals surface area contributed by atoms with E-state index in [1.165, 1.54) is 18.7 Å². The van der Waals surface area contributed by atoms with E-state index in [-0.39, 0.29) is 10.8 Å². The van der Waals surface area contributed by atoms with Gasteiger partial charge in [0, 0.05) is 17.8 Å². The molecule has 2 rings (SSSR count). The molecular weight excluding hydrogens is 350 g/mol. The van der Waals surface area contributed by atoms with Crippen molar-refractivity contribution in [2.45, 2.75) is 32.2 Å². The van der Waals surface area contributed by atoms with Crippen molar-refractivity contribution < 1.29 is 13.2 Å². The predicted octanol–water partition coefficient (Wildman–Crippen LogP) is 2.49. The van der Waals surface area contributed by atoms with Crippen LogP contribution in [-0.2, 0) is 16.6 Å². The number of rotatable bonds is 6. The highest BCUT2D eigenvalue weighted by atomic mass is 32.2. The van der Waals surface area contributed by atoms with E-state index >= 15 is 0 Å². The Morgan fingerprint density at radius 2 is 1.58 bits per heavy atom. The van der Waals surface area contributed by atoms with Gasteiger partial charge in [0.25, 0.3) is 5.91 Å². The number of carbonyl (C=O) groups excluding carboxylic acids is 1. The summed E-state index contributed by atoms with van der Waals surface area (Å²) in [7, 11) is -0.343. The Morgan fingerprint density at radius 1 is 0.962 bits per heavy atom. The predicted molar refractivity (Wildman–Crippen MR) is 104 cm³/mol. The van der Waals surface area contributed by atoms with Gasteiger partial charge in [-0.25, -0.2) is 13.1 Å². The van der Waals surface area contributed by atoms with Crippen LogP contribution in [0.5, 0.6) is 0 Å². The van der Waals surface area contributed by atoms with Crippen LogP contribution in [0.25, 0.3) is 0 Å². The van der Waals surface area contributed by atoms with Crippen molar-refractivity contribution in [2.75, 3.05) is 19.4 Å². The summed E-state index contributed by atoms with van der Waals surface area (Å²) in [6.45, 7) is 6.39. The molecule has 0 fully saturated rings. The molecule has 0 unspecified atom stereocenters. The van der Waals surface area contributed by atoms with Crippen molar-refractivity contribution in [3.8, 4) is 0 Å². The third-order valence-corrected chi connectivity index (χ3v) is 5.87. The van der Waals surface area contributed by atoms with Gasteiger partial charge < -0.3 is 10.6 Å². The third kappa shape index (κ3) is 4.30. The summed E-state index contributed by atoms with van der Waals surface area (Å²) in [6.07, 6.45) is 0. The zero-order valence-corrected chi connectivity index (χ0v) is 16.5. The van der Waals surface area contributed by atoms with Crippen molar-refractivity contribution in [2.24, 2.45) is 0 Å². The molecule has 0 heterocycles. The molecule has 3 N–H and O–H groups in total. The molecule has 7 heteroatoms. The molecule has 2 aromatic rings. The van der Waals surface area contributed by atoms with Gasteiger partial charge in [-0.05, 0) is 81.4 Å². The normalized spacial score (nSPS) is 11.4. The topological polar surface area (TPSA) is 87.3 Å². The van der Waals surface area contributed by atoms with Gasteiger partial charge in [-0.2, -0.15) is 0 Å². The molecule has 0 aliphatic heterocycles. The van der Waals surface area contributed by atoms with Gasteiger partial charge in [-0.3, -0.25) is 4.79 Å². The largest absolute Gasteiger partial charge is 0.322 e. The zero-order chi connectivity index (χ0) is 19.5. The number of amides is 1. The standard InChI is InChI=1S/C19H25N3O3S/c1-12-6-7-16(10-18(12)26(24,25)21-5)22-19(23)15-8-13(2)17(11-20-4)14(3)9-15/h6-10,20-21H,11H2,1-5H3,(H,22,23). The monoisotopic (exact) mass is 375 g/mol. The fourth-order valence-corrected chi connectivity index (χ4v) is 3.85. The van der Waals surface area contributed by atoms with Crippen molar-refractivity contribution in [3.63, 3.8) is 0 Å². The van der Waals surface area contributed by atoms with Gasteiger partial charge in [-0.15, -0.1) is 0 Å². The fraction of sp³-hybridized carbons (Fsp3) is 0.316. The molecule has 0 atom stereocenters. The minimum absolute atomic E-state index is 0.148. The molecule has 26 heavy (non-hydrogen) atoms. The molecule has 1 amide bonds. The first-order valence-electron chi connectivity index (χ1n) is 8.30. The maximum Gasteiger partial charge on any atom is 0.255 e. The summed E-state index contributed by atoms with van der Waals surface area (Å²) in [5.74, 6) is -0.274. The van der Waals surface area contributed by atoms with Gasteiger partial charge in [0.1, 0.15) is 0 Å². The Labute approximate surface area is 155 Å². The van der Waals surface area contributed by atoms with E-state index in [9.17, 15) is 13.2 Å². The second-order valence-corrected chi connectivity index (χ2v) is 8.12. The summed E-state index contributed by atoms with van der Waals surface area (Å²) >= 11 is 0. The quantitative estimate of drug-likeness (QED) is 0.724. The Kier molecular flexibility index (Phi) is 6.17. The van der Waals surface area contributed by atoms with Crippen molar-refractivity contribution in [1.29, 1.82) is 0 Å². The molecule has 0 aromatic heterocycles. The molecule has 0 bridgehead atoms. The van der Waals surface area contributed by atoms with Crippen molar-refractivity contribution in [3.05, 3.63) is 58.1 Å². The van der Waals surface area contributed by atoms with Crippen LogP contribution in [0.15, 0.2) is 35.2 Å². The van der Waals surface area contributed by atoms with E-state index in [0.717, 1.165) is 17.7 Å². The number of anilines is 1. The van der Waals surface area contributed by atoms with Crippen LogP contribution in [0.3, 0.4) is 0 Å². The van der Waals surface area contributed by atoms with Crippen LogP contribution in [0.1, 0.15) is 32.6 Å². The lowest BCUT2D eigenvalue weighted by atomic mass is 9.99. The van der Waals surface area contributed by atoms with Crippen LogP contribution in [0, 0.1) is 20.8 Å². The van der Waals surface area contributed by atoms with Gasteiger partial charge >= 0.3 is 0 Å². The smallest absolute Gasteiger partial charge is 0.255 e. The van der Waals surface area contributed by atoms with E-state index in [1.54, 1.807) is 19.1 Å². The zero-order valence-electron chi connectivity index (χ0n) is 15.7. The highest BCUT2D eigenvalue weighted by Crippen LogP contribution is 2.22. The number of hydrogen-bond donors (Lipinski definition) is 3. The minimum Gasteiger partial charge on any atom is -0.322 e. The maximum atomic E-state index is 12.6. The lowest BCUT2D eigenvalue weighted by Gasteiger charge is -2.13. The average Bonchev–Trinajstić information content (AvgIpc) is 2.59.